The predicted molar refractivity (Wildman–Crippen MR) is 108 cm³/mol. The van der Waals surface area contributed by atoms with Gasteiger partial charge in [0.05, 0.1) is 5.75 Å². The van der Waals surface area contributed by atoms with Gasteiger partial charge in [0.15, 0.2) is 6.61 Å². The van der Waals surface area contributed by atoms with Crippen LogP contribution < -0.4 is 4.74 Å². The second kappa shape index (κ2) is 8.91. The molecule has 2 aromatic heterocycles. The van der Waals surface area contributed by atoms with Gasteiger partial charge >= 0.3 is 0 Å². The average Bonchev–Trinajstić information content (AvgIpc) is 3.41. The minimum atomic E-state index is 0.217. The maximum atomic E-state index is 5.65. The maximum Gasteiger partial charge on any atom is 0.277 e. The SMILES string of the molecule is CCc1ccc(-c2noc(CSc3nnc(COc4ccc(C)cc4)o3)n2)cc1. The van der Waals surface area contributed by atoms with E-state index in [1.807, 2.05) is 43.3 Å². The van der Waals surface area contributed by atoms with Crippen molar-refractivity contribution in [3.8, 4) is 17.1 Å². The van der Waals surface area contributed by atoms with Gasteiger partial charge in [-0.05, 0) is 31.0 Å². The van der Waals surface area contributed by atoms with E-state index < -0.39 is 0 Å². The van der Waals surface area contributed by atoms with Crippen LogP contribution in [0.3, 0.4) is 0 Å². The van der Waals surface area contributed by atoms with Crippen LogP contribution in [0.1, 0.15) is 29.8 Å². The molecule has 0 spiro atoms. The molecule has 0 saturated carbocycles. The second-order valence-corrected chi connectivity index (χ2v) is 7.34. The summed E-state index contributed by atoms with van der Waals surface area (Å²) in [5, 5.41) is 12.5. The van der Waals surface area contributed by atoms with Crippen LogP contribution in [0, 0.1) is 6.92 Å². The third kappa shape index (κ3) is 5.03. The minimum Gasteiger partial charge on any atom is -0.484 e. The first-order valence-corrected chi connectivity index (χ1v) is 10.2. The molecular formula is C21H20N4O3S. The summed E-state index contributed by atoms with van der Waals surface area (Å²) in [6, 6.07) is 15.9. The number of ether oxygens (including phenoxy) is 1. The van der Waals surface area contributed by atoms with Gasteiger partial charge < -0.3 is 13.7 Å². The molecule has 8 heteroatoms. The molecule has 7 nitrogen and oxygen atoms in total. The lowest BCUT2D eigenvalue weighted by Gasteiger charge is -2.02. The summed E-state index contributed by atoms with van der Waals surface area (Å²) in [4.78, 5) is 4.43. The fourth-order valence-electron chi connectivity index (χ4n) is 2.58. The van der Waals surface area contributed by atoms with Crippen molar-refractivity contribution in [2.45, 2.75) is 37.9 Å². The quantitative estimate of drug-likeness (QED) is 0.382. The normalized spacial score (nSPS) is 11.0. The Labute approximate surface area is 172 Å². The van der Waals surface area contributed by atoms with E-state index >= 15 is 0 Å². The molecule has 0 N–H and O–H groups in total. The van der Waals surface area contributed by atoms with Crippen molar-refractivity contribution in [1.29, 1.82) is 0 Å². The highest BCUT2D eigenvalue weighted by Gasteiger charge is 2.12. The molecule has 0 saturated heterocycles. The summed E-state index contributed by atoms with van der Waals surface area (Å²) in [7, 11) is 0. The highest BCUT2D eigenvalue weighted by atomic mass is 32.2. The molecule has 0 bridgehead atoms. The van der Waals surface area contributed by atoms with Gasteiger partial charge in [0.25, 0.3) is 11.1 Å². The van der Waals surface area contributed by atoms with Crippen LogP contribution >= 0.6 is 11.8 Å². The first-order valence-electron chi connectivity index (χ1n) is 9.26. The Hall–Kier alpha value is -3.13. The number of thioether (sulfide) groups is 1. The molecule has 4 aromatic rings. The molecule has 0 unspecified atom stereocenters. The Morgan fingerprint density at radius 3 is 2.52 bits per heavy atom. The summed E-state index contributed by atoms with van der Waals surface area (Å²) in [5.74, 6) is 2.69. The molecule has 0 amide bonds. The zero-order chi connectivity index (χ0) is 20.1. The molecule has 0 radical (unpaired) electrons. The Balaban J connectivity index is 1.30. The van der Waals surface area contributed by atoms with Crippen LogP contribution in [0.4, 0.5) is 0 Å². The molecule has 0 aliphatic carbocycles. The van der Waals surface area contributed by atoms with E-state index in [0.717, 1.165) is 17.7 Å². The third-order valence-corrected chi connectivity index (χ3v) is 5.04. The number of rotatable bonds is 8. The number of aromatic nitrogens is 4. The van der Waals surface area contributed by atoms with Crippen molar-refractivity contribution >= 4 is 11.8 Å². The number of hydrogen-bond acceptors (Lipinski definition) is 8. The summed E-state index contributed by atoms with van der Waals surface area (Å²) in [6.45, 7) is 4.37. The lowest BCUT2D eigenvalue weighted by molar-refractivity contribution is 0.252. The van der Waals surface area contributed by atoms with Crippen LogP contribution in [0.15, 0.2) is 62.7 Å². The lowest BCUT2D eigenvalue weighted by Crippen LogP contribution is -1.95. The van der Waals surface area contributed by atoms with Crippen molar-refractivity contribution < 1.29 is 13.7 Å². The van der Waals surface area contributed by atoms with Crippen molar-refractivity contribution in [3.63, 3.8) is 0 Å². The summed E-state index contributed by atoms with van der Waals surface area (Å²) >= 11 is 1.34. The Morgan fingerprint density at radius 1 is 0.966 bits per heavy atom. The fraction of sp³-hybridized carbons (Fsp3) is 0.238. The number of benzene rings is 2. The Bertz CT molecular complexity index is 1060. The van der Waals surface area contributed by atoms with E-state index in [2.05, 4.69) is 39.4 Å². The highest BCUT2D eigenvalue weighted by Crippen LogP contribution is 2.23. The summed E-state index contributed by atoms with van der Waals surface area (Å²) in [5.41, 5.74) is 3.37. The Morgan fingerprint density at radius 2 is 1.76 bits per heavy atom. The van der Waals surface area contributed by atoms with Gasteiger partial charge in [-0.1, -0.05) is 65.8 Å². The van der Waals surface area contributed by atoms with E-state index in [-0.39, 0.29) is 6.61 Å². The van der Waals surface area contributed by atoms with Gasteiger partial charge in [-0.25, -0.2) is 0 Å². The topological polar surface area (TPSA) is 87.1 Å². The molecule has 148 valence electrons. The zero-order valence-corrected chi connectivity index (χ0v) is 17.0. The molecule has 0 atom stereocenters. The molecule has 29 heavy (non-hydrogen) atoms. The molecule has 0 fully saturated rings. The highest BCUT2D eigenvalue weighted by molar-refractivity contribution is 7.98. The van der Waals surface area contributed by atoms with Crippen LogP contribution in [-0.2, 0) is 18.8 Å². The van der Waals surface area contributed by atoms with Crippen LogP contribution in [0.5, 0.6) is 5.75 Å². The van der Waals surface area contributed by atoms with E-state index in [0.29, 0.717) is 28.6 Å². The maximum absolute atomic E-state index is 5.65. The largest absolute Gasteiger partial charge is 0.484 e. The smallest absolute Gasteiger partial charge is 0.277 e. The van der Waals surface area contributed by atoms with Crippen molar-refractivity contribution in [3.05, 3.63) is 71.4 Å². The molecule has 2 heterocycles. The summed E-state index contributed by atoms with van der Waals surface area (Å²) in [6.07, 6.45) is 0.997. The number of nitrogens with zero attached hydrogens (tertiary/aromatic N) is 4. The monoisotopic (exact) mass is 408 g/mol. The lowest BCUT2D eigenvalue weighted by atomic mass is 10.1. The standard InChI is InChI=1S/C21H20N4O3S/c1-3-15-6-8-16(9-7-15)20-22-19(28-25-20)13-29-21-24-23-18(27-21)12-26-17-10-4-14(2)5-11-17/h4-11H,3,12-13H2,1-2H3. The zero-order valence-electron chi connectivity index (χ0n) is 16.2. The van der Waals surface area contributed by atoms with Crippen molar-refractivity contribution in [2.24, 2.45) is 0 Å². The van der Waals surface area contributed by atoms with Crippen LogP contribution in [-0.4, -0.2) is 20.3 Å². The predicted octanol–water partition coefficient (Wildman–Crippen LogP) is 4.86. The van der Waals surface area contributed by atoms with Gasteiger partial charge in [0.1, 0.15) is 5.75 Å². The number of aryl methyl sites for hydroxylation is 2. The average molecular weight is 408 g/mol. The third-order valence-electron chi connectivity index (χ3n) is 4.24. The fourth-order valence-corrected chi connectivity index (χ4v) is 3.20. The molecule has 4 rings (SSSR count). The minimum absolute atomic E-state index is 0.217. The van der Waals surface area contributed by atoms with E-state index in [9.17, 15) is 0 Å². The van der Waals surface area contributed by atoms with E-state index in [4.69, 9.17) is 13.7 Å². The van der Waals surface area contributed by atoms with Gasteiger partial charge in [0, 0.05) is 5.56 Å². The molecular weight excluding hydrogens is 388 g/mol. The van der Waals surface area contributed by atoms with Gasteiger partial charge in [-0.15, -0.1) is 10.2 Å². The molecule has 0 aliphatic rings. The number of hydrogen-bond donors (Lipinski definition) is 0. The second-order valence-electron chi connectivity index (χ2n) is 6.41. The van der Waals surface area contributed by atoms with E-state index in [1.54, 1.807) is 0 Å². The molecule has 0 aliphatic heterocycles. The molecule has 2 aromatic carbocycles. The Kier molecular flexibility index (Phi) is 5.90. The first-order chi connectivity index (χ1) is 14.2. The van der Waals surface area contributed by atoms with Crippen LogP contribution in [0.2, 0.25) is 0 Å². The van der Waals surface area contributed by atoms with Gasteiger partial charge in [-0.3, -0.25) is 0 Å². The first kappa shape index (κ1) is 19.2. The van der Waals surface area contributed by atoms with Gasteiger partial charge in [-0.2, -0.15) is 4.98 Å². The van der Waals surface area contributed by atoms with E-state index in [1.165, 1.54) is 22.9 Å². The van der Waals surface area contributed by atoms with Crippen molar-refractivity contribution in [2.75, 3.05) is 0 Å². The van der Waals surface area contributed by atoms with Crippen molar-refractivity contribution in [1.82, 2.24) is 20.3 Å². The van der Waals surface area contributed by atoms with Crippen LogP contribution in [0.25, 0.3) is 11.4 Å². The van der Waals surface area contributed by atoms with Gasteiger partial charge in [0.2, 0.25) is 11.7 Å². The summed E-state index contributed by atoms with van der Waals surface area (Å²) < 4.78 is 16.6.